The molecule has 4 heterocycles. The molecule has 0 bridgehead atoms. The van der Waals surface area contributed by atoms with E-state index in [1.807, 2.05) is 6.07 Å². The van der Waals surface area contributed by atoms with Gasteiger partial charge in [0.15, 0.2) is 6.10 Å². The predicted octanol–water partition coefficient (Wildman–Crippen LogP) is 1.69. The van der Waals surface area contributed by atoms with Gasteiger partial charge in [-0.15, -0.1) is 0 Å². The number of rotatable bonds is 8. The molecule has 5 rings (SSSR count). The number of benzene rings is 1. The first-order valence-electron chi connectivity index (χ1n) is 12.1. The van der Waals surface area contributed by atoms with Crippen LogP contribution < -0.4 is 10.1 Å². The van der Waals surface area contributed by atoms with Gasteiger partial charge in [0, 0.05) is 37.3 Å². The molecule has 0 amide bonds. The number of sulfonamides is 1. The molecule has 4 atom stereocenters. The van der Waals surface area contributed by atoms with Crippen molar-refractivity contribution in [1.29, 1.82) is 0 Å². The van der Waals surface area contributed by atoms with Crippen molar-refractivity contribution in [2.24, 2.45) is 5.92 Å². The van der Waals surface area contributed by atoms with E-state index in [9.17, 15) is 13.2 Å². The van der Waals surface area contributed by atoms with E-state index in [2.05, 4.69) is 15.3 Å². The zero-order valence-corrected chi connectivity index (χ0v) is 20.8. The van der Waals surface area contributed by atoms with E-state index in [0.717, 1.165) is 5.56 Å². The van der Waals surface area contributed by atoms with Gasteiger partial charge in [-0.2, -0.15) is 9.29 Å². The number of fused-ring (bicyclic) bond motifs is 1. The molecule has 3 saturated heterocycles. The number of anilines is 1. The van der Waals surface area contributed by atoms with E-state index in [1.165, 1.54) is 4.31 Å². The molecule has 3 fully saturated rings. The van der Waals surface area contributed by atoms with Crippen molar-refractivity contribution in [1.82, 2.24) is 14.3 Å². The quantitative estimate of drug-likeness (QED) is 0.530. The zero-order valence-electron chi connectivity index (χ0n) is 19.9. The summed E-state index contributed by atoms with van der Waals surface area (Å²) in [6.45, 7) is 3.24. The summed E-state index contributed by atoms with van der Waals surface area (Å²) >= 11 is 0. The number of nitrogens with one attached hydrogen (secondary N) is 1. The molecular weight excluding hydrogens is 488 g/mol. The summed E-state index contributed by atoms with van der Waals surface area (Å²) in [5.41, 5.74) is 0.738. The number of aromatic nitrogens is 2. The van der Waals surface area contributed by atoms with Crippen LogP contribution in [0.15, 0.2) is 41.4 Å². The van der Waals surface area contributed by atoms with Gasteiger partial charge < -0.3 is 24.6 Å². The van der Waals surface area contributed by atoms with Crippen LogP contribution in [0.1, 0.15) is 24.8 Å². The van der Waals surface area contributed by atoms with Gasteiger partial charge in [-0.1, -0.05) is 18.2 Å². The van der Waals surface area contributed by atoms with E-state index in [1.54, 1.807) is 37.4 Å². The van der Waals surface area contributed by atoms with E-state index < -0.39 is 16.0 Å². The van der Waals surface area contributed by atoms with Crippen LogP contribution in [0.4, 0.5) is 5.95 Å². The van der Waals surface area contributed by atoms with Crippen molar-refractivity contribution < 1.29 is 32.5 Å². The van der Waals surface area contributed by atoms with E-state index >= 15 is 0 Å². The standard InChI is InChI=1S/C24H30N4O7S/c1-15-4-2-3-5-19(15)36(31,32)28-10-7-17(8-11-28)26-24-25-9-6-20(27-24)35-18-14-34-22-16(12-21(29)30)13-33-23(18)22/h2-6,9,16-18,22-23H,7-8,10-14H2,1H3,(H,29,30)(H,25,26,27)/t16-,18-,22+,23-/m0/s1. The average Bonchev–Trinajstić information content (AvgIpc) is 3.43. The number of nitrogens with zero attached hydrogens (tertiary/aromatic N) is 3. The Kier molecular flexibility index (Phi) is 7.11. The minimum atomic E-state index is -3.53. The fourth-order valence-corrected chi connectivity index (χ4v) is 6.78. The average molecular weight is 519 g/mol. The van der Waals surface area contributed by atoms with E-state index in [-0.39, 0.29) is 36.7 Å². The molecule has 0 unspecified atom stereocenters. The van der Waals surface area contributed by atoms with Gasteiger partial charge in [0.25, 0.3) is 0 Å². The molecule has 12 heteroatoms. The Morgan fingerprint density at radius 3 is 2.67 bits per heavy atom. The summed E-state index contributed by atoms with van der Waals surface area (Å²) < 4.78 is 45.2. The third-order valence-electron chi connectivity index (χ3n) is 6.95. The maximum atomic E-state index is 13.0. The predicted molar refractivity (Wildman–Crippen MR) is 128 cm³/mol. The summed E-state index contributed by atoms with van der Waals surface area (Å²) in [6.07, 6.45) is 1.83. The van der Waals surface area contributed by atoms with Crippen molar-refractivity contribution in [2.75, 3.05) is 31.6 Å². The summed E-state index contributed by atoms with van der Waals surface area (Å²) in [6, 6.07) is 8.70. The Morgan fingerprint density at radius 1 is 1.17 bits per heavy atom. The second-order valence-corrected chi connectivity index (χ2v) is 11.3. The summed E-state index contributed by atoms with van der Waals surface area (Å²) in [7, 11) is -3.53. The third-order valence-corrected chi connectivity index (χ3v) is 9.01. The van der Waals surface area contributed by atoms with Gasteiger partial charge in [0.2, 0.25) is 21.9 Å². The van der Waals surface area contributed by atoms with Crippen molar-refractivity contribution in [3.63, 3.8) is 0 Å². The van der Waals surface area contributed by atoms with Gasteiger partial charge in [-0.25, -0.2) is 13.4 Å². The normalized spacial score (nSPS) is 27.0. The molecule has 0 spiro atoms. The molecule has 0 aliphatic carbocycles. The molecule has 1 aromatic heterocycles. The SMILES string of the molecule is Cc1ccccc1S(=O)(=O)N1CCC(Nc2nccc(O[C@H]3CO[C@@H]4[C@@H](CC(=O)O)CO[C@H]43)n2)CC1. The Morgan fingerprint density at radius 2 is 1.92 bits per heavy atom. The van der Waals surface area contributed by atoms with Gasteiger partial charge in [0.1, 0.15) is 6.10 Å². The fraction of sp³-hybridized carbons (Fsp3) is 0.542. The van der Waals surface area contributed by atoms with Gasteiger partial charge >= 0.3 is 5.97 Å². The first-order valence-corrected chi connectivity index (χ1v) is 13.5. The second-order valence-electron chi connectivity index (χ2n) is 9.42. The minimum absolute atomic E-state index is 0.000531. The molecule has 194 valence electrons. The number of hydrogen-bond acceptors (Lipinski definition) is 9. The van der Waals surface area contributed by atoms with Crippen LogP contribution in [0.2, 0.25) is 0 Å². The summed E-state index contributed by atoms with van der Waals surface area (Å²) in [5, 5.41) is 12.4. The maximum absolute atomic E-state index is 13.0. The van der Waals surface area contributed by atoms with Crippen molar-refractivity contribution in [3.8, 4) is 5.88 Å². The van der Waals surface area contributed by atoms with E-state index in [4.69, 9.17) is 19.3 Å². The molecular formula is C24H30N4O7S. The molecule has 0 saturated carbocycles. The van der Waals surface area contributed by atoms with Gasteiger partial charge in [-0.3, -0.25) is 4.79 Å². The van der Waals surface area contributed by atoms with Crippen LogP contribution >= 0.6 is 0 Å². The van der Waals surface area contributed by atoms with Crippen LogP contribution in [-0.4, -0.2) is 84.4 Å². The Labute approximate surface area is 209 Å². The highest BCUT2D eigenvalue weighted by Gasteiger charge is 2.49. The first-order chi connectivity index (χ1) is 17.3. The van der Waals surface area contributed by atoms with Crippen LogP contribution in [-0.2, 0) is 24.3 Å². The molecule has 3 aliphatic rings. The Bertz CT molecular complexity index is 1200. The Balaban J connectivity index is 1.16. The monoisotopic (exact) mass is 518 g/mol. The van der Waals surface area contributed by atoms with Crippen LogP contribution in [0.5, 0.6) is 5.88 Å². The van der Waals surface area contributed by atoms with Crippen LogP contribution in [0, 0.1) is 12.8 Å². The van der Waals surface area contributed by atoms with Crippen LogP contribution in [0.25, 0.3) is 0 Å². The molecule has 2 aromatic rings. The number of ether oxygens (including phenoxy) is 3. The number of carboxylic acids is 1. The lowest BCUT2D eigenvalue weighted by Crippen LogP contribution is -2.42. The lowest BCUT2D eigenvalue weighted by Gasteiger charge is -2.32. The van der Waals surface area contributed by atoms with Gasteiger partial charge in [0.05, 0.1) is 30.6 Å². The maximum Gasteiger partial charge on any atom is 0.303 e. The van der Waals surface area contributed by atoms with Crippen LogP contribution in [0.3, 0.4) is 0 Å². The lowest BCUT2D eigenvalue weighted by molar-refractivity contribution is -0.138. The van der Waals surface area contributed by atoms with Crippen molar-refractivity contribution >= 4 is 21.9 Å². The largest absolute Gasteiger partial charge is 0.481 e. The smallest absolute Gasteiger partial charge is 0.303 e. The highest BCUT2D eigenvalue weighted by Crippen LogP contribution is 2.34. The lowest BCUT2D eigenvalue weighted by atomic mass is 9.98. The summed E-state index contributed by atoms with van der Waals surface area (Å²) in [5.74, 6) is -0.294. The van der Waals surface area contributed by atoms with E-state index in [0.29, 0.717) is 55.9 Å². The molecule has 1 aromatic carbocycles. The molecule has 2 N–H and O–H groups in total. The van der Waals surface area contributed by atoms with Crippen molar-refractivity contribution in [2.45, 2.75) is 55.4 Å². The van der Waals surface area contributed by atoms with Gasteiger partial charge in [-0.05, 0) is 31.4 Å². The first kappa shape index (κ1) is 24.9. The Hall–Kier alpha value is -2.80. The molecule has 11 nitrogen and oxygen atoms in total. The molecule has 36 heavy (non-hydrogen) atoms. The number of piperidine rings is 1. The van der Waals surface area contributed by atoms with Crippen molar-refractivity contribution in [3.05, 3.63) is 42.1 Å². The topological polar surface area (TPSA) is 140 Å². The highest BCUT2D eigenvalue weighted by molar-refractivity contribution is 7.89. The third kappa shape index (κ3) is 5.17. The number of carboxylic acid groups (broad SMARTS) is 1. The molecule has 3 aliphatic heterocycles. The number of hydrogen-bond donors (Lipinski definition) is 2. The highest BCUT2D eigenvalue weighted by atomic mass is 32.2. The zero-order chi connectivity index (χ0) is 25.3. The number of carbonyl (C=O) groups is 1. The molecule has 0 radical (unpaired) electrons. The number of aryl methyl sites for hydroxylation is 1. The number of aliphatic carboxylic acids is 1. The fourth-order valence-electron chi connectivity index (χ4n) is 5.08. The second kappa shape index (κ2) is 10.3. The summed E-state index contributed by atoms with van der Waals surface area (Å²) in [4.78, 5) is 20.2. The minimum Gasteiger partial charge on any atom is -0.481 e.